The van der Waals surface area contributed by atoms with Gasteiger partial charge in [-0.1, -0.05) is 35.9 Å². The van der Waals surface area contributed by atoms with Crippen LogP contribution in [-0.2, 0) is 22.7 Å². The number of hydrogen-bond donors (Lipinski definition) is 2. The van der Waals surface area contributed by atoms with E-state index < -0.39 is 18.0 Å². The fourth-order valence-corrected chi connectivity index (χ4v) is 2.81. The number of amides is 4. The third-order valence-corrected chi connectivity index (χ3v) is 4.34. The maximum atomic E-state index is 12.4. The first-order valence-corrected chi connectivity index (χ1v) is 8.44. The number of carbonyl (C=O) groups excluding carboxylic acids is 3. The summed E-state index contributed by atoms with van der Waals surface area (Å²) < 4.78 is 0. The molecule has 134 valence electrons. The van der Waals surface area contributed by atoms with Gasteiger partial charge in [0.25, 0.3) is 5.91 Å². The average Bonchev–Trinajstić information content (AvgIpc) is 2.90. The Labute approximate surface area is 155 Å². The Hall–Kier alpha value is -2.93. The number of urea groups is 1. The molecular formula is C18H17ClN4O3. The van der Waals surface area contributed by atoms with Crippen molar-refractivity contribution in [3.8, 4) is 0 Å². The Morgan fingerprint density at radius 1 is 1.19 bits per heavy atom. The van der Waals surface area contributed by atoms with Crippen LogP contribution in [-0.4, -0.2) is 33.8 Å². The van der Waals surface area contributed by atoms with Crippen LogP contribution >= 0.6 is 11.6 Å². The molecule has 7 nitrogen and oxygen atoms in total. The molecule has 2 heterocycles. The minimum Gasteiger partial charge on any atom is -0.350 e. The molecule has 1 aromatic carbocycles. The Kier molecular flexibility index (Phi) is 5.48. The third kappa shape index (κ3) is 4.18. The molecule has 0 aliphatic carbocycles. The highest BCUT2D eigenvalue weighted by molar-refractivity contribution is 6.31. The predicted molar refractivity (Wildman–Crippen MR) is 95.0 cm³/mol. The van der Waals surface area contributed by atoms with Crippen molar-refractivity contribution in [1.82, 2.24) is 20.5 Å². The molecule has 1 aliphatic heterocycles. The van der Waals surface area contributed by atoms with E-state index in [0.717, 1.165) is 4.90 Å². The van der Waals surface area contributed by atoms with Gasteiger partial charge in [-0.15, -0.1) is 0 Å². The minimum atomic E-state index is -0.881. The summed E-state index contributed by atoms with van der Waals surface area (Å²) in [6.07, 6.45) is 1.51. The van der Waals surface area contributed by atoms with Gasteiger partial charge in [-0.25, -0.2) is 4.79 Å². The number of imide groups is 1. The molecule has 0 spiro atoms. The molecule has 1 fully saturated rings. The van der Waals surface area contributed by atoms with Gasteiger partial charge >= 0.3 is 6.03 Å². The van der Waals surface area contributed by atoms with Crippen LogP contribution in [0.3, 0.4) is 0 Å². The van der Waals surface area contributed by atoms with E-state index >= 15 is 0 Å². The predicted octanol–water partition coefficient (Wildman–Crippen LogP) is 1.86. The molecule has 3 rings (SSSR count). The Morgan fingerprint density at radius 2 is 1.96 bits per heavy atom. The van der Waals surface area contributed by atoms with E-state index in [-0.39, 0.29) is 25.4 Å². The number of hydrogen-bond acceptors (Lipinski definition) is 4. The molecule has 1 aliphatic rings. The fraction of sp³-hybridized carbons (Fsp3) is 0.222. The van der Waals surface area contributed by atoms with Crippen LogP contribution < -0.4 is 10.6 Å². The van der Waals surface area contributed by atoms with Gasteiger partial charge in [-0.2, -0.15) is 0 Å². The van der Waals surface area contributed by atoms with E-state index in [0.29, 0.717) is 16.3 Å². The average molecular weight is 373 g/mol. The smallest absolute Gasteiger partial charge is 0.325 e. The maximum Gasteiger partial charge on any atom is 0.325 e. The van der Waals surface area contributed by atoms with Crippen LogP contribution in [0.25, 0.3) is 0 Å². The number of nitrogens with one attached hydrogen (secondary N) is 2. The zero-order valence-corrected chi connectivity index (χ0v) is 14.6. The number of benzene rings is 1. The highest BCUT2D eigenvalue weighted by Gasteiger charge is 2.39. The minimum absolute atomic E-state index is 0.0659. The SMILES string of the molecule is O=C(C[C@@H]1NC(=O)N(Cc2ccccc2Cl)C1=O)NCc1ccccn1. The number of aromatic nitrogens is 1. The van der Waals surface area contributed by atoms with Crippen LogP contribution in [0.15, 0.2) is 48.7 Å². The summed E-state index contributed by atoms with van der Waals surface area (Å²) in [6, 6.07) is 11.0. The lowest BCUT2D eigenvalue weighted by molar-refractivity contribution is -0.131. The monoisotopic (exact) mass is 372 g/mol. The van der Waals surface area contributed by atoms with Crippen LogP contribution in [0.2, 0.25) is 5.02 Å². The van der Waals surface area contributed by atoms with E-state index in [9.17, 15) is 14.4 Å². The second-order valence-corrected chi connectivity index (χ2v) is 6.23. The molecule has 2 aromatic rings. The molecular weight excluding hydrogens is 356 g/mol. The van der Waals surface area contributed by atoms with Crippen molar-refractivity contribution in [2.45, 2.75) is 25.6 Å². The Bertz CT molecular complexity index is 828. The second kappa shape index (κ2) is 7.97. The molecule has 1 aromatic heterocycles. The molecule has 0 radical (unpaired) electrons. The summed E-state index contributed by atoms with van der Waals surface area (Å²) in [6.45, 7) is 0.328. The van der Waals surface area contributed by atoms with Gasteiger partial charge in [0, 0.05) is 11.2 Å². The topological polar surface area (TPSA) is 91.4 Å². The molecule has 2 N–H and O–H groups in total. The summed E-state index contributed by atoms with van der Waals surface area (Å²) in [5.74, 6) is -0.781. The first kappa shape index (κ1) is 17.9. The highest BCUT2D eigenvalue weighted by atomic mass is 35.5. The van der Waals surface area contributed by atoms with E-state index in [4.69, 9.17) is 11.6 Å². The summed E-state index contributed by atoms with van der Waals surface area (Å²) in [5.41, 5.74) is 1.38. The quantitative estimate of drug-likeness (QED) is 0.757. The first-order chi connectivity index (χ1) is 12.5. The number of pyridine rings is 1. The van der Waals surface area contributed by atoms with E-state index in [1.807, 2.05) is 6.07 Å². The van der Waals surface area contributed by atoms with Crippen LogP contribution in [0.5, 0.6) is 0 Å². The van der Waals surface area contributed by atoms with Gasteiger partial charge in [0.1, 0.15) is 6.04 Å². The summed E-state index contributed by atoms with van der Waals surface area (Å²) in [5, 5.41) is 5.71. The van der Waals surface area contributed by atoms with Crippen molar-refractivity contribution < 1.29 is 14.4 Å². The standard InChI is InChI=1S/C18H17ClN4O3/c19-14-7-2-1-5-12(14)11-23-17(25)15(22-18(23)26)9-16(24)21-10-13-6-3-4-8-20-13/h1-8,15H,9-11H2,(H,21,24)(H,22,26)/t15-/m0/s1. The van der Waals surface area contributed by atoms with E-state index in [1.54, 1.807) is 42.6 Å². The summed E-state index contributed by atoms with van der Waals surface area (Å²) in [7, 11) is 0. The molecule has 1 atom stereocenters. The molecule has 26 heavy (non-hydrogen) atoms. The lowest BCUT2D eigenvalue weighted by Gasteiger charge is -2.14. The highest BCUT2D eigenvalue weighted by Crippen LogP contribution is 2.20. The van der Waals surface area contributed by atoms with Crippen molar-refractivity contribution in [1.29, 1.82) is 0 Å². The van der Waals surface area contributed by atoms with Gasteiger partial charge in [0.15, 0.2) is 0 Å². The number of halogens is 1. The van der Waals surface area contributed by atoms with Crippen molar-refractivity contribution in [2.75, 3.05) is 0 Å². The normalized spacial score (nSPS) is 16.5. The van der Waals surface area contributed by atoms with E-state index in [1.165, 1.54) is 0 Å². The largest absolute Gasteiger partial charge is 0.350 e. The molecule has 0 saturated carbocycles. The van der Waals surface area contributed by atoms with Gasteiger partial charge in [-0.3, -0.25) is 19.5 Å². The Morgan fingerprint density at radius 3 is 2.69 bits per heavy atom. The van der Waals surface area contributed by atoms with Gasteiger partial charge < -0.3 is 10.6 Å². The zero-order chi connectivity index (χ0) is 18.5. The van der Waals surface area contributed by atoms with Crippen LogP contribution in [0, 0.1) is 0 Å². The molecule has 8 heteroatoms. The second-order valence-electron chi connectivity index (χ2n) is 5.82. The summed E-state index contributed by atoms with van der Waals surface area (Å²) >= 11 is 6.08. The van der Waals surface area contributed by atoms with E-state index in [2.05, 4.69) is 15.6 Å². The Balaban J connectivity index is 1.56. The lowest BCUT2D eigenvalue weighted by atomic mass is 10.1. The molecule has 0 unspecified atom stereocenters. The van der Waals surface area contributed by atoms with Gasteiger partial charge in [0.2, 0.25) is 5.91 Å². The molecule has 0 bridgehead atoms. The third-order valence-electron chi connectivity index (χ3n) is 3.98. The number of rotatable bonds is 6. The van der Waals surface area contributed by atoms with Crippen molar-refractivity contribution in [2.24, 2.45) is 0 Å². The van der Waals surface area contributed by atoms with Crippen molar-refractivity contribution in [3.05, 3.63) is 64.9 Å². The fourth-order valence-electron chi connectivity index (χ4n) is 2.61. The zero-order valence-electron chi connectivity index (χ0n) is 13.8. The summed E-state index contributed by atoms with van der Waals surface area (Å²) in [4.78, 5) is 41.8. The van der Waals surface area contributed by atoms with Crippen molar-refractivity contribution in [3.63, 3.8) is 0 Å². The van der Waals surface area contributed by atoms with Gasteiger partial charge in [-0.05, 0) is 23.8 Å². The van der Waals surface area contributed by atoms with Crippen molar-refractivity contribution >= 4 is 29.4 Å². The molecule has 4 amide bonds. The maximum absolute atomic E-state index is 12.4. The first-order valence-electron chi connectivity index (χ1n) is 8.06. The lowest BCUT2D eigenvalue weighted by Crippen LogP contribution is -2.36. The van der Waals surface area contributed by atoms with Crippen LogP contribution in [0.4, 0.5) is 4.79 Å². The number of carbonyl (C=O) groups is 3. The number of nitrogens with zero attached hydrogens (tertiary/aromatic N) is 2. The van der Waals surface area contributed by atoms with Gasteiger partial charge in [0.05, 0.1) is 25.2 Å². The van der Waals surface area contributed by atoms with Crippen LogP contribution in [0.1, 0.15) is 17.7 Å². The molecule has 1 saturated heterocycles.